The number of hydrogen-bond donors (Lipinski definition) is 2. The molecule has 5 amide bonds. The van der Waals surface area contributed by atoms with E-state index in [0.29, 0.717) is 15.7 Å². The van der Waals surface area contributed by atoms with E-state index in [4.69, 9.17) is 4.74 Å². The number of nitrogens with one attached hydrogen (secondary N) is 2. The third-order valence-corrected chi connectivity index (χ3v) is 6.12. The molecule has 3 aromatic carbocycles. The molecule has 1 fully saturated rings. The summed E-state index contributed by atoms with van der Waals surface area (Å²) in [6.45, 7) is 3.29. The lowest BCUT2D eigenvalue weighted by molar-refractivity contribution is -0.122. The lowest BCUT2D eigenvalue weighted by atomic mass is 10.0. The molecule has 8 nitrogen and oxygen atoms in total. The highest BCUT2D eigenvalue weighted by Gasteiger charge is 2.37. The van der Waals surface area contributed by atoms with Gasteiger partial charge in [0.25, 0.3) is 17.7 Å². The maximum atomic E-state index is 13.8. The summed E-state index contributed by atoms with van der Waals surface area (Å²) < 4.78 is 20.0. The molecule has 37 heavy (non-hydrogen) atoms. The Morgan fingerprint density at radius 3 is 2.54 bits per heavy atom. The molecule has 0 saturated carbocycles. The predicted molar refractivity (Wildman–Crippen MR) is 140 cm³/mol. The molecule has 0 spiro atoms. The molecule has 0 aromatic heterocycles. The number of hydrogen-bond acceptors (Lipinski definition) is 5. The molecule has 1 saturated heterocycles. The number of para-hydroxylation sites is 1. The molecular formula is C27H21BrFN3O5. The number of carbonyl (C=O) groups excluding carboxylic acids is 4. The Kier molecular flexibility index (Phi) is 7.49. The molecule has 1 heterocycles. The summed E-state index contributed by atoms with van der Waals surface area (Å²) >= 11 is 3.34. The van der Waals surface area contributed by atoms with Crippen molar-refractivity contribution < 1.29 is 28.3 Å². The molecule has 1 aliphatic rings. The minimum atomic E-state index is -0.863. The maximum Gasteiger partial charge on any atom is 0.335 e. The van der Waals surface area contributed by atoms with E-state index in [9.17, 15) is 23.6 Å². The second kappa shape index (κ2) is 10.8. The predicted octanol–water partition coefficient (Wildman–Crippen LogP) is 4.89. The fourth-order valence-corrected chi connectivity index (χ4v) is 3.95. The summed E-state index contributed by atoms with van der Waals surface area (Å²) in [7, 11) is 0. The topological polar surface area (TPSA) is 105 Å². The van der Waals surface area contributed by atoms with Gasteiger partial charge in [0.05, 0.1) is 11.4 Å². The second-order valence-electron chi connectivity index (χ2n) is 8.23. The Labute approximate surface area is 220 Å². The monoisotopic (exact) mass is 565 g/mol. The average Bonchev–Trinajstić information content (AvgIpc) is 2.84. The van der Waals surface area contributed by atoms with Crippen LogP contribution < -0.4 is 20.3 Å². The lowest BCUT2D eigenvalue weighted by Crippen LogP contribution is -2.54. The number of halogens is 2. The van der Waals surface area contributed by atoms with Gasteiger partial charge in [-0.25, -0.2) is 14.1 Å². The first-order valence-electron chi connectivity index (χ1n) is 11.1. The van der Waals surface area contributed by atoms with E-state index in [-0.39, 0.29) is 17.0 Å². The summed E-state index contributed by atoms with van der Waals surface area (Å²) in [5, 5.41) is 4.60. The third-order valence-electron chi connectivity index (χ3n) is 5.63. The zero-order valence-corrected chi connectivity index (χ0v) is 21.4. The van der Waals surface area contributed by atoms with Crippen molar-refractivity contribution in [2.24, 2.45) is 0 Å². The SMILES string of the molecule is Cc1ccc(N2C(=O)NC(=O)/C(=C/c3cc(Br)ccc3OCC(=O)Nc3ccccc3F)C2=O)cc1C. The van der Waals surface area contributed by atoms with Gasteiger partial charge in [-0.05, 0) is 73.5 Å². The van der Waals surface area contributed by atoms with Gasteiger partial charge in [-0.15, -0.1) is 0 Å². The van der Waals surface area contributed by atoms with Crippen LogP contribution >= 0.6 is 15.9 Å². The van der Waals surface area contributed by atoms with E-state index in [2.05, 4.69) is 26.6 Å². The number of carbonyl (C=O) groups is 4. The number of urea groups is 1. The van der Waals surface area contributed by atoms with Crippen molar-refractivity contribution in [3.63, 3.8) is 0 Å². The zero-order valence-electron chi connectivity index (χ0n) is 19.8. The Balaban J connectivity index is 1.60. The first-order valence-corrected chi connectivity index (χ1v) is 11.9. The van der Waals surface area contributed by atoms with Crippen molar-refractivity contribution in [2.45, 2.75) is 13.8 Å². The van der Waals surface area contributed by atoms with Crippen LogP contribution in [0.25, 0.3) is 6.08 Å². The summed E-state index contributed by atoms with van der Waals surface area (Å²) in [5.41, 5.74) is 2.19. The lowest BCUT2D eigenvalue weighted by Gasteiger charge is -2.27. The number of ether oxygens (including phenoxy) is 1. The van der Waals surface area contributed by atoms with Crippen molar-refractivity contribution in [1.29, 1.82) is 0 Å². The largest absolute Gasteiger partial charge is 0.483 e. The van der Waals surface area contributed by atoms with Gasteiger partial charge in [0.1, 0.15) is 17.1 Å². The summed E-state index contributed by atoms with van der Waals surface area (Å²) in [4.78, 5) is 51.6. The quantitative estimate of drug-likeness (QED) is 0.327. The van der Waals surface area contributed by atoms with Crippen LogP contribution in [0.3, 0.4) is 0 Å². The number of amides is 5. The molecule has 4 rings (SSSR count). The molecule has 1 aliphatic heterocycles. The van der Waals surface area contributed by atoms with Gasteiger partial charge in [-0.2, -0.15) is 0 Å². The van der Waals surface area contributed by atoms with Crippen LogP contribution in [0.15, 0.2) is 70.7 Å². The Hall–Kier alpha value is -4.31. The molecule has 3 aromatic rings. The highest BCUT2D eigenvalue weighted by molar-refractivity contribution is 9.10. The Morgan fingerprint density at radius 1 is 1.05 bits per heavy atom. The molecule has 0 bridgehead atoms. The van der Waals surface area contributed by atoms with Crippen molar-refractivity contribution >= 4 is 57.1 Å². The van der Waals surface area contributed by atoms with Crippen LogP contribution in [0.2, 0.25) is 0 Å². The molecular weight excluding hydrogens is 545 g/mol. The van der Waals surface area contributed by atoms with Gasteiger partial charge >= 0.3 is 6.03 Å². The van der Waals surface area contributed by atoms with Gasteiger partial charge in [0, 0.05) is 10.0 Å². The van der Waals surface area contributed by atoms with Crippen molar-refractivity contribution in [1.82, 2.24) is 5.32 Å². The van der Waals surface area contributed by atoms with Crippen LogP contribution in [0.4, 0.5) is 20.6 Å². The van der Waals surface area contributed by atoms with E-state index >= 15 is 0 Å². The number of benzene rings is 3. The Morgan fingerprint density at radius 2 is 1.81 bits per heavy atom. The Bertz CT molecular complexity index is 1470. The van der Waals surface area contributed by atoms with Crippen LogP contribution in [0.1, 0.15) is 16.7 Å². The van der Waals surface area contributed by atoms with Crippen LogP contribution in [0, 0.1) is 19.7 Å². The summed E-state index contributed by atoms with van der Waals surface area (Å²) in [5.74, 6) is -2.67. The van der Waals surface area contributed by atoms with Crippen molar-refractivity contribution in [3.8, 4) is 5.75 Å². The van der Waals surface area contributed by atoms with Gasteiger partial charge in [-0.1, -0.05) is 34.1 Å². The maximum absolute atomic E-state index is 13.8. The smallest absolute Gasteiger partial charge is 0.335 e. The third kappa shape index (κ3) is 5.75. The van der Waals surface area contributed by atoms with Gasteiger partial charge in [0.2, 0.25) is 0 Å². The van der Waals surface area contributed by atoms with E-state index in [1.807, 2.05) is 13.8 Å². The van der Waals surface area contributed by atoms with Gasteiger partial charge in [-0.3, -0.25) is 19.7 Å². The highest BCUT2D eigenvalue weighted by atomic mass is 79.9. The minimum absolute atomic E-state index is 0.00909. The van der Waals surface area contributed by atoms with Crippen molar-refractivity contribution in [2.75, 3.05) is 16.8 Å². The van der Waals surface area contributed by atoms with E-state index < -0.39 is 36.2 Å². The molecule has 2 N–H and O–H groups in total. The number of aryl methyl sites for hydroxylation is 2. The molecule has 0 atom stereocenters. The molecule has 10 heteroatoms. The average molecular weight is 566 g/mol. The van der Waals surface area contributed by atoms with E-state index in [0.717, 1.165) is 16.0 Å². The minimum Gasteiger partial charge on any atom is -0.483 e. The number of barbiturate groups is 1. The van der Waals surface area contributed by atoms with Crippen molar-refractivity contribution in [3.05, 3.63) is 93.2 Å². The summed E-state index contributed by atoms with van der Waals surface area (Å²) in [6, 6.07) is 14.7. The molecule has 0 radical (unpaired) electrons. The second-order valence-corrected chi connectivity index (χ2v) is 9.14. The highest BCUT2D eigenvalue weighted by Crippen LogP contribution is 2.29. The zero-order chi connectivity index (χ0) is 26.7. The number of anilines is 2. The van der Waals surface area contributed by atoms with Crippen LogP contribution in [-0.2, 0) is 14.4 Å². The fraction of sp³-hybridized carbons (Fsp3) is 0.111. The van der Waals surface area contributed by atoms with Gasteiger partial charge in [0.15, 0.2) is 6.61 Å². The fourth-order valence-electron chi connectivity index (χ4n) is 3.57. The van der Waals surface area contributed by atoms with Crippen LogP contribution in [-0.4, -0.2) is 30.4 Å². The number of rotatable bonds is 6. The number of imide groups is 2. The molecule has 0 aliphatic carbocycles. The van der Waals surface area contributed by atoms with Crippen LogP contribution in [0.5, 0.6) is 5.75 Å². The first-order chi connectivity index (χ1) is 17.6. The number of nitrogens with zero attached hydrogens (tertiary/aromatic N) is 1. The normalized spacial score (nSPS) is 14.5. The molecule has 188 valence electrons. The first kappa shape index (κ1) is 25.8. The standard InChI is InChI=1S/C27H21BrFN3O5/c1-15-7-9-19(11-16(15)2)32-26(35)20(25(34)31-27(32)36)13-17-12-18(28)8-10-23(17)37-14-24(33)30-22-6-4-3-5-21(22)29/h3-13H,14H2,1-2H3,(H,30,33)(H,31,34,36)/b20-13-. The summed E-state index contributed by atoms with van der Waals surface area (Å²) in [6.07, 6.45) is 1.28. The van der Waals surface area contributed by atoms with Gasteiger partial charge < -0.3 is 10.1 Å². The molecule has 0 unspecified atom stereocenters. The van der Waals surface area contributed by atoms with E-state index in [1.54, 1.807) is 42.5 Å². The van der Waals surface area contributed by atoms with E-state index in [1.165, 1.54) is 24.3 Å².